The number of para-hydroxylation sites is 1. The van der Waals surface area contributed by atoms with Crippen molar-refractivity contribution in [3.63, 3.8) is 0 Å². The normalized spacial score (nSPS) is 17.1. The number of carbonyl (C=O) groups excluding carboxylic acids is 2. The molecule has 0 spiro atoms. The van der Waals surface area contributed by atoms with Gasteiger partial charge < -0.3 is 10.2 Å². The summed E-state index contributed by atoms with van der Waals surface area (Å²) in [7, 11) is 0. The second kappa shape index (κ2) is 6.49. The fourth-order valence-corrected chi connectivity index (χ4v) is 4.10. The summed E-state index contributed by atoms with van der Waals surface area (Å²) in [6.45, 7) is 4.32. The van der Waals surface area contributed by atoms with E-state index in [0.717, 1.165) is 21.6 Å². The Morgan fingerprint density at radius 3 is 2.77 bits per heavy atom. The quantitative estimate of drug-likeness (QED) is 0.772. The van der Waals surface area contributed by atoms with Gasteiger partial charge >= 0.3 is 0 Å². The van der Waals surface area contributed by atoms with Gasteiger partial charge in [-0.25, -0.2) is 4.98 Å². The van der Waals surface area contributed by atoms with E-state index in [1.165, 1.54) is 11.3 Å². The van der Waals surface area contributed by atoms with Crippen LogP contribution in [0.1, 0.15) is 17.7 Å². The number of aryl methyl sites for hydroxylation is 2. The summed E-state index contributed by atoms with van der Waals surface area (Å²) in [4.78, 5) is 35.4. The van der Waals surface area contributed by atoms with Gasteiger partial charge in [-0.05, 0) is 37.6 Å². The molecule has 1 aromatic carbocycles. The fraction of sp³-hybridized carbons (Fsp3) is 0.263. The van der Waals surface area contributed by atoms with Gasteiger partial charge in [-0.3, -0.25) is 9.59 Å². The molecule has 1 fully saturated rings. The number of fused-ring (bicyclic) bond motifs is 1. The van der Waals surface area contributed by atoms with Crippen LogP contribution < -0.4 is 10.2 Å². The van der Waals surface area contributed by atoms with Crippen molar-refractivity contribution in [1.29, 1.82) is 0 Å². The number of anilines is 2. The maximum Gasteiger partial charge on any atom is 0.231 e. The molecular formula is C19H18N4O2S. The van der Waals surface area contributed by atoms with E-state index >= 15 is 0 Å². The van der Waals surface area contributed by atoms with Crippen molar-refractivity contribution in [2.75, 3.05) is 16.8 Å². The molecule has 2 amide bonds. The number of nitrogens with zero attached hydrogens (tertiary/aromatic N) is 3. The summed E-state index contributed by atoms with van der Waals surface area (Å²) in [6, 6.07) is 11.4. The molecule has 7 heteroatoms. The topological polar surface area (TPSA) is 75.2 Å². The van der Waals surface area contributed by atoms with E-state index in [9.17, 15) is 9.59 Å². The van der Waals surface area contributed by atoms with Crippen LogP contribution in [0.15, 0.2) is 36.4 Å². The van der Waals surface area contributed by atoms with Crippen LogP contribution in [-0.2, 0) is 9.59 Å². The Labute approximate surface area is 154 Å². The molecule has 1 saturated heterocycles. The third-order valence-corrected chi connectivity index (χ3v) is 5.56. The molecule has 6 nitrogen and oxygen atoms in total. The number of hydrogen-bond donors (Lipinski definition) is 1. The van der Waals surface area contributed by atoms with E-state index in [-0.39, 0.29) is 24.2 Å². The Morgan fingerprint density at radius 1 is 1.23 bits per heavy atom. The van der Waals surface area contributed by atoms with Crippen LogP contribution in [0.5, 0.6) is 0 Å². The Bertz CT molecular complexity index is 999. The van der Waals surface area contributed by atoms with Crippen LogP contribution >= 0.6 is 11.3 Å². The number of carbonyl (C=O) groups is 2. The fourth-order valence-electron chi connectivity index (χ4n) is 3.22. The second-order valence-corrected chi connectivity index (χ2v) is 7.48. The number of amides is 2. The number of pyridine rings is 1. The van der Waals surface area contributed by atoms with E-state index in [2.05, 4.69) is 15.3 Å². The summed E-state index contributed by atoms with van der Waals surface area (Å²) in [5, 5.41) is 3.39. The van der Waals surface area contributed by atoms with Gasteiger partial charge in [0.15, 0.2) is 10.8 Å². The standard InChI is InChI=1S/C19H18N4O2S/c1-11-8-12(2)20-17-16(11)26-19(21-17)22-18(25)13-9-15(24)23(10-13)14-6-4-3-5-7-14/h3-8,13H,9-10H2,1-2H3,(H,20,21,22,25). The van der Waals surface area contributed by atoms with Crippen molar-refractivity contribution in [2.24, 2.45) is 5.92 Å². The maximum atomic E-state index is 12.6. The Morgan fingerprint density at radius 2 is 2.00 bits per heavy atom. The Balaban J connectivity index is 1.50. The van der Waals surface area contributed by atoms with Crippen molar-refractivity contribution < 1.29 is 9.59 Å². The molecule has 0 bridgehead atoms. The minimum Gasteiger partial charge on any atom is -0.312 e. The lowest BCUT2D eigenvalue weighted by atomic mass is 10.1. The summed E-state index contributed by atoms with van der Waals surface area (Å²) in [6.07, 6.45) is 0.210. The predicted molar refractivity (Wildman–Crippen MR) is 102 cm³/mol. The van der Waals surface area contributed by atoms with E-state index in [0.29, 0.717) is 17.3 Å². The van der Waals surface area contributed by atoms with Crippen LogP contribution in [0.4, 0.5) is 10.8 Å². The van der Waals surface area contributed by atoms with Gasteiger partial charge in [-0.2, -0.15) is 4.98 Å². The van der Waals surface area contributed by atoms with E-state index < -0.39 is 0 Å². The van der Waals surface area contributed by atoms with Gasteiger partial charge in [0.05, 0.1) is 10.6 Å². The highest BCUT2D eigenvalue weighted by Crippen LogP contribution is 2.30. The van der Waals surface area contributed by atoms with Crippen molar-refractivity contribution in [3.05, 3.63) is 47.7 Å². The molecule has 1 N–H and O–H groups in total. The summed E-state index contributed by atoms with van der Waals surface area (Å²) in [5.74, 6) is -0.593. The highest BCUT2D eigenvalue weighted by molar-refractivity contribution is 7.22. The zero-order valence-electron chi connectivity index (χ0n) is 14.5. The molecule has 3 heterocycles. The van der Waals surface area contributed by atoms with E-state index in [4.69, 9.17) is 0 Å². The van der Waals surface area contributed by atoms with Crippen LogP contribution in [0.3, 0.4) is 0 Å². The van der Waals surface area contributed by atoms with Crippen LogP contribution in [0, 0.1) is 19.8 Å². The predicted octanol–water partition coefficient (Wildman–Crippen LogP) is 3.30. The lowest BCUT2D eigenvalue weighted by Crippen LogP contribution is -2.28. The molecule has 132 valence electrons. The lowest BCUT2D eigenvalue weighted by Gasteiger charge is -2.16. The third kappa shape index (κ3) is 3.06. The number of nitrogens with one attached hydrogen (secondary N) is 1. The van der Waals surface area contributed by atoms with Gasteiger partial charge in [-0.1, -0.05) is 29.5 Å². The first-order valence-electron chi connectivity index (χ1n) is 8.42. The van der Waals surface area contributed by atoms with Crippen molar-refractivity contribution in [1.82, 2.24) is 9.97 Å². The molecule has 1 aliphatic heterocycles. The van der Waals surface area contributed by atoms with Crippen molar-refractivity contribution in [2.45, 2.75) is 20.3 Å². The summed E-state index contributed by atoms with van der Waals surface area (Å²) < 4.78 is 0.972. The molecule has 1 atom stereocenters. The van der Waals surface area contributed by atoms with Gasteiger partial charge in [0.25, 0.3) is 0 Å². The molecule has 0 saturated carbocycles. The molecule has 26 heavy (non-hydrogen) atoms. The zero-order chi connectivity index (χ0) is 18.3. The highest BCUT2D eigenvalue weighted by atomic mass is 32.1. The van der Waals surface area contributed by atoms with Gasteiger partial charge in [0, 0.05) is 24.3 Å². The number of rotatable bonds is 3. The van der Waals surface area contributed by atoms with Crippen LogP contribution in [0.25, 0.3) is 10.3 Å². The molecule has 3 aromatic rings. The molecule has 0 aliphatic carbocycles. The SMILES string of the molecule is Cc1cc(C)c2sc(NC(=O)C3CC(=O)N(c4ccccc4)C3)nc2n1. The van der Waals surface area contributed by atoms with Gasteiger partial charge in [0.2, 0.25) is 11.8 Å². The average Bonchev–Trinajstić information content (AvgIpc) is 3.19. The van der Waals surface area contributed by atoms with Crippen LogP contribution in [0.2, 0.25) is 0 Å². The molecule has 1 aliphatic rings. The summed E-state index contributed by atoms with van der Waals surface area (Å²) >= 11 is 1.41. The first kappa shape index (κ1) is 16.7. The average molecular weight is 366 g/mol. The minimum atomic E-state index is -0.384. The molecular weight excluding hydrogens is 348 g/mol. The highest BCUT2D eigenvalue weighted by Gasteiger charge is 2.35. The molecule has 4 rings (SSSR count). The summed E-state index contributed by atoms with van der Waals surface area (Å²) in [5.41, 5.74) is 3.47. The first-order chi connectivity index (χ1) is 12.5. The number of thiazole rings is 1. The van der Waals surface area contributed by atoms with Crippen molar-refractivity contribution in [3.8, 4) is 0 Å². The largest absolute Gasteiger partial charge is 0.312 e. The van der Waals surface area contributed by atoms with Gasteiger partial charge in [0.1, 0.15) is 0 Å². The molecule has 1 unspecified atom stereocenters. The van der Waals surface area contributed by atoms with Crippen molar-refractivity contribution >= 4 is 44.3 Å². The third-order valence-electron chi connectivity index (χ3n) is 4.47. The molecule has 2 aromatic heterocycles. The number of benzene rings is 1. The Kier molecular flexibility index (Phi) is 4.16. The van der Waals surface area contributed by atoms with E-state index in [1.54, 1.807) is 4.90 Å². The number of aromatic nitrogens is 2. The molecule has 0 radical (unpaired) electrons. The zero-order valence-corrected chi connectivity index (χ0v) is 15.3. The Hall–Kier alpha value is -2.80. The maximum absolute atomic E-state index is 12.6. The smallest absolute Gasteiger partial charge is 0.231 e. The monoisotopic (exact) mass is 366 g/mol. The lowest BCUT2D eigenvalue weighted by molar-refractivity contribution is -0.122. The number of hydrogen-bond acceptors (Lipinski definition) is 5. The first-order valence-corrected chi connectivity index (χ1v) is 9.24. The van der Waals surface area contributed by atoms with E-state index in [1.807, 2.05) is 50.2 Å². The van der Waals surface area contributed by atoms with Crippen LogP contribution in [-0.4, -0.2) is 28.3 Å². The van der Waals surface area contributed by atoms with Gasteiger partial charge in [-0.15, -0.1) is 0 Å². The minimum absolute atomic E-state index is 0.0335. The second-order valence-electron chi connectivity index (χ2n) is 6.48.